The summed E-state index contributed by atoms with van der Waals surface area (Å²) in [4.78, 5) is 12.6. The van der Waals surface area contributed by atoms with Crippen molar-refractivity contribution in [3.8, 4) is 0 Å². The number of nitrogens with one attached hydrogen (secondary N) is 1. The Morgan fingerprint density at radius 2 is 2.16 bits per heavy atom. The van der Waals surface area contributed by atoms with Gasteiger partial charge >= 0.3 is 0 Å². The molecular weight excluding hydrogens is 256 g/mol. The van der Waals surface area contributed by atoms with Crippen LogP contribution in [0.3, 0.4) is 0 Å². The van der Waals surface area contributed by atoms with Gasteiger partial charge in [-0.15, -0.1) is 11.3 Å². The summed E-state index contributed by atoms with van der Waals surface area (Å²) < 4.78 is 0. The summed E-state index contributed by atoms with van der Waals surface area (Å²) >= 11 is 1.67. The first kappa shape index (κ1) is 14.2. The zero-order chi connectivity index (χ0) is 13.8. The Morgan fingerprint density at radius 1 is 1.37 bits per heavy atom. The number of aromatic nitrogens is 2. The average Bonchev–Trinajstić information content (AvgIpc) is 2.83. The molecule has 0 aliphatic carbocycles. The second-order valence-corrected chi connectivity index (χ2v) is 6.19. The predicted octanol–water partition coefficient (Wildman–Crippen LogP) is 3.21. The van der Waals surface area contributed by atoms with Crippen LogP contribution >= 0.6 is 11.3 Å². The van der Waals surface area contributed by atoms with Crippen molar-refractivity contribution in [2.75, 3.05) is 26.0 Å². The summed E-state index contributed by atoms with van der Waals surface area (Å²) in [6.45, 7) is 6.38. The minimum Gasteiger partial charge on any atom is -0.372 e. The molecule has 2 aromatic heterocycles. The van der Waals surface area contributed by atoms with Crippen LogP contribution < -0.4 is 5.32 Å². The van der Waals surface area contributed by atoms with E-state index in [9.17, 15) is 0 Å². The monoisotopic (exact) mass is 278 g/mol. The van der Waals surface area contributed by atoms with Crippen LogP contribution in [0.2, 0.25) is 0 Å². The van der Waals surface area contributed by atoms with Gasteiger partial charge in [0.25, 0.3) is 0 Å². The van der Waals surface area contributed by atoms with Gasteiger partial charge in [0.2, 0.25) is 0 Å². The Balaban J connectivity index is 2.11. The van der Waals surface area contributed by atoms with E-state index < -0.39 is 0 Å². The summed E-state index contributed by atoms with van der Waals surface area (Å²) in [7, 11) is 4.04. The van der Waals surface area contributed by atoms with Gasteiger partial charge in [-0.3, -0.25) is 4.90 Å². The second-order valence-electron chi connectivity index (χ2n) is 5.30. The number of fused-ring (bicyclic) bond motifs is 1. The number of hydrogen-bond acceptors (Lipinski definition) is 5. The van der Waals surface area contributed by atoms with E-state index in [-0.39, 0.29) is 0 Å². The third kappa shape index (κ3) is 3.64. The number of rotatable bonds is 6. The standard InChI is InChI=1S/C14H22N4S/c1-10(2)5-7-18(4)9-12-16-13(15-3)11-6-8-19-14(11)17-12/h6,8,10H,5,7,9H2,1-4H3,(H,15,16,17). The Kier molecular flexibility index (Phi) is 4.71. The molecule has 0 bridgehead atoms. The molecule has 0 amide bonds. The molecule has 104 valence electrons. The molecule has 1 N–H and O–H groups in total. The lowest BCUT2D eigenvalue weighted by atomic mass is 10.1. The van der Waals surface area contributed by atoms with Crippen LogP contribution in [0.1, 0.15) is 26.1 Å². The Hall–Kier alpha value is -1.20. The molecule has 0 atom stereocenters. The molecule has 2 aromatic rings. The number of nitrogens with zero attached hydrogens (tertiary/aromatic N) is 3. The zero-order valence-electron chi connectivity index (χ0n) is 12.1. The van der Waals surface area contributed by atoms with Crippen molar-refractivity contribution in [1.82, 2.24) is 14.9 Å². The van der Waals surface area contributed by atoms with E-state index in [1.807, 2.05) is 7.05 Å². The third-order valence-electron chi connectivity index (χ3n) is 3.11. The molecular formula is C14H22N4S. The molecule has 0 saturated carbocycles. The molecule has 4 nitrogen and oxygen atoms in total. The predicted molar refractivity (Wildman–Crippen MR) is 82.8 cm³/mol. The highest BCUT2D eigenvalue weighted by Gasteiger charge is 2.09. The normalized spacial score (nSPS) is 11.7. The molecule has 0 aliphatic rings. The van der Waals surface area contributed by atoms with E-state index in [1.165, 1.54) is 6.42 Å². The van der Waals surface area contributed by atoms with Crippen molar-refractivity contribution in [1.29, 1.82) is 0 Å². The van der Waals surface area contributed by atoms with Crippen LogP contribution in [0.15, 0.2) is 11.4 Å². The molecule has 2 heterocycles. The largest absolute Gasteiger partial charge is 0.372 e. The fraction of sp³-hybridized carbons (Fsp3) is 0.571. The van der Waals surface area contributed by atoms with Crippen LogP contribution in [0.5, 0.6) is 0 Å². The SMILES string of the molecule is CNc1nc(CN(C)CCC(C)C)nc2sccc12. The minimum absolute atomic E-state index is 0.732. The zero-order valence-corrected chi connectivity index (χ0v) is 12.9. The van der Waals surface area contributed by atoms with E-state index in [0.29, 0.717) is 0 Å². The van der Waals surface area contributed by atoms with Gasteiger partial charge in [0, 0.05) is 7.05 Å². The number of thiophene rings is 1. The van der Waals surface area contributed by atoms with Gasteiger partial charge in [-0.2, -0.15) is 0 Å². The molecule has 0 spiro atoms. The van der Waals surface area contributed by atoms with Gasteiger partial charge < -0.3 is 5.32 Å². The number of hydrogen-bond donors (Lipinski definition) is 1. The highest BCUT2D eigenvalue weighted by molar-refractivity contribution is 7.16. The quantitative estimate of drug-likeness (QED) is 0.881. The van der Waals surface area contributed by atoms with Crippen LogP contribution in [0.4, 0.5) is 5.82 Å². The Labute approximate surface area is 118 Å². The van der Waals surface area contributed by atoms with Crippen molar-refractivity contribution in [3.63, 3.8) is 0 Å². The molecule has 0 radical (unpaired) electrons. The minimum atomic E-state index is 0.732. The van der Waals surface area contributed by atoms with E-state index in [0.717, 1.165) is 40.9 Å². The summed E-state index contributed by atoms with van der Waals surface area (Å²) in [5, 5.41) is 6.33. The Bertz CT molecular complexity index is 535. The van der Waals surface area contributed by atoms with E-state index in [1.54, 1.807) is 11.3 Å². The molecule has 2 rings (SSSR count). The molecule has 0 aromatic carbocycles. The molecule has 0 unspecified atom stereocenters. The lowest BCUT2D eigenvalue weighted by Gasteiger charge is -2.17. The maximum atomic E-state index is 4.64. The molecule has 0 aliphatic heterocycles. The van der Waals surface area contributed by atoms with E-state index in [2.05, 4.69) is 52.5 Å². The van der Waals surface area contributed by atoms with Gasteiger partial charge in [0.05, 0.1) is 11.9 Å². The van der Waals surface area contributed by atoms with Crippen LogP contribution in [0, 0.1) is 5.92 Å². The van der Waals surface area contributed by atoms with Gasteiger partial charge in [0.1, 0.15) is 16.5 Å². The van der Waals surface area contributed by atoms with Gasteiger partial charge in [-0.1, -0.05) is 13.8 Å². The average molecular weight is 278 g/mol. The molecule has 0 fully saturated rings. The lowest BCUT2D eigenvalue weighted by Crippen LogP contribution is -2.21. The first-order valence-electron chi connectivity index (χ1n) is 6.70. The summed E-state index contributed by atoms with van der Waals surface area (Å²) in [5.41, 5.74) is 0. The fourth-order valence-electron chi connectivity index (χ4n) is 1.96. The Morgan fingerprint density at radius 3 is 2.84 bits per heavy atom. The first-order chi connectivity index (χ1) is 9.10. The summed E-state index contributed by atoms with van der Waals surface area (Å²) in [6, 6.07) is 2.07. The summed E-state index contributed by atoms with van der Waals surface area (Å²) in [6.07, 6.45) is 1.20. The van der Waals surface area contributed by atoms with Crippen molar-refractivity contribution in [3.05, 3.63) is 17.3 Å². The fourth-order valence-corrected chi connectivity index (χ4v) is 2.74. The molecule has 5 heteroatoms. The van der Waals surface area contributed by atoms with Crippen LogP contribution in [-0.2, 0) is 6.54 Å². The van der Waals surface area contributed by atoms with Gasteiger partial charge in [-0.25, -0.2) is 9.97 Å². The van der Waals surface area contributed by atoms with Crippen molar-refractivity contribution < 1.29 is 0 Å². The highest BCUT2D eigenvalue weighted by atomic mass is 32.1. The second kappa shape index (κ2) is 6.30. The highest BCUT2D eigenvalue weighted by Crippen LogP contribution is 2.24. The topological polar surface area (TPSA) is 41.1 Å². The van der Waals surface area contributed by atoms with Crippen LogP contribution in [-0.4, -0.2) is 35.5 Å². The smallest absolute Gasteiger partial charge is 0.146 e. The molecule has 19 heavy (non-hydrogen) atoms. The van der Waals surface area contributed by atoms with Crippen LogP contribution in [0.25, 0.3) is 10.2 Å². The van der Waals surface area contributed by atoms with Crippen molar-refractivity contribution >= 4 is 27.4 Å². The van der Waals surface area contributed by atoms with E-state index >= 15 is 0 Å². The van der Waals surface area contributed by atoms with Crippen molar-refractivity contribution in [2.24, 2.45) is 5.92 Å². The van der Waals surface area contributed by atoms with Gasteiger partial charge in [0.15, 0.2) is 0 Å². The maximum absolute atomic E-state index is 4.64. The van der Waals surface area contributed by atoms with Gasteiger partial charge in [-0.05, 0) is 37.4 Å². The lowest BCUT2D eigenvalue weighted by molar-refractivity contribution is 0.297. The van der Waals surface area contributed by atoms with E-state index in [4.69, 9.17) is 0 Å². The maximum Gasteiger partial charge on any atom is 0.146 e. The first-order valence-corrected chi connectivity index (χ1v) is 7.58. The number of anilines is 1. The third-order valence-corrected chi connectivity index (χ3v) is 3.91. The van der Waals surface area contributed by atoms with Crippen molar-refractivity contribution in [2.45, 2.75) is 26.8 Å². The summed E-state index contributed by atoms with van der Waals surface area (Å²) in [5.74, 6) is 2.56. The molecule has 0 saturated heterocycles.